The van der Waals surface area contributed by atoms with Crippen molar-refractivity contribution in [1.29, 1.82) is 0 Å². The monoisotopic (exact) mass is 441 g/mol. The maximum atomic E-state index is 12.9. The van der Waals surface area contributed by atoms with Crippen molar-refractivity contribution in [2.45, 2.75) is 17.5 Å². The highest BCUT2D eigenvalue weighted by atomic mass is 32.2. The van der Waals surface area contributed by atoms with Crippen molar-refractivity contribution < 1.29 is 17.9 Å². The zero-order chi connectivity index (χ0) is 21.7. The van der Waals surface area contributed by atoms with Crippen molar-refractivity contribution in [3.8, 4) is 0 Å². The first-order valence-electron chi connectivity index (χ1n) is 9.92. The Balaban J connectivity index is 1.50. The summed E-state index contributed by atoms with van der Waals surface area (Å²) in [5, 5.41) is 11.2. The van der Waals surface area contributed by atoms with E-state index in [4.69, 9.17) is 4.74 Å². The van der Waals surface area contributed by atoms with Crippen LogP contribution in [0.3, 0.4) is 0 Å². The molecule has 1 unspecified atom stereocenters. The Morgan fingerprint density at radius 3 is 2.29 bits per heavy atom. The second kappa shape index (κ2) is 9.38. The van der Waals surface area contributed by atoms with Gasteiger partial charge < -0.3 is 10.1 Å². The number of benzene rings is 2. The van der Waals surface area contributed by atoms with Crippen molar-refractivity contribution in [3.63, 3.8) is 0 Å². The smallest absolute Gasteiger partial charge is 0.251 e. The molecule has 0 aliphatic carbocycles. The third-order valence-corrected chi connectivity index (χ3v) is 6.96. The first-order valence-corrected chi connectivity index (χ1v) is 11.4. The van der Waals surface area contributed by atoms with Gasteiger partial charge in [-0.25, -0.2) is 8.42 Å². The molecule has 1 saturated heterocycles. The van der Waals surface area contributed by atoms with Crippen LogP contribution in [0.4, 0.5) is 0 Å². The number of nitrogens with one attached hydrogen (secondary N) is 1. The number of morpholine rings is 1. The topological polar surface area (TPSA) is 106 Å². The van der Waals surface area contributed by atoms with E-state index in [-0.39, 0.29) is 16.8 Å². The van der Waals surface area contributed by atoms with E-state index < -0.39 is 10.0 Å². The minimum Gasteiger partial charge on any atom is -0.379 e. The molecule has 0 radical (unpaired) electrons. The molecule has 1 atom stereocenters. The van der Waals surface area contributed by atoms with Crippen LogP contribution in [-0.4, -0.2) is 59.9 Å². The number of amides is 1. The van der Waals surface area contributed by atoms with Crippen LogP contribution in [0.25, 0.3) is 0 Å². The highest BCUT2D eigenvalue weighted by Gasteiger charge is 2.26. The summed E-state index contributed by atoms with van der Waals surface area (Å²) in [4.78, 5) is 14.6. The van der Waals surface area contributed by atoms with E-state index in [0.717, 1.165) is 5.56 Å². The molecule has 1 amide bonds. The molecule has 4 rings (SSSR count). The number of carbonyl (C=O) groups is 1. The highest BCUT2D eigenvalue weighted by Crippen LogP contribution is 2.19. The first kappa shape index (κ1) is 21.2. The van der Waals surface area contributed by atoms with Crippen LogP contribution in [0.1, 0.15) is 22.0 Å². The van der Waals surface area contributed by atoms with Crippen LogP contribution in [0.5, 0.6) is 0 Å². The van der Waals surface area contributed by atoms with Crippen LogP contribution >= 0.6 is 0 Å². The van der Waals surface area contributed by atoms with Gasteiger partial charge in [0.1, 0.15) is 0 Å². The Morgan fingerprint density at radius 2 is 1.65 bits per heavy atom. The van der Waals surface area contributed by atoms with E-state index in [9.17, 15) is 13.2 Å². The van der Waals surface area contributed by atoms with E-state index in [1.807, 2.05) is 30.3 Å². The molecule has 9 nitrogen and oxygen atoms in total. The standard InChI is InChI=1S/C21H23N5O4S/c27-21(24-20(16-26-22-10-11-23-26)17-4-2-1-3-5-17)18-6-8-19(9-7-18)31(28,29)25-12-14-30-15-13-25/h1-11,20H,12-16H2,(H,24,27). The maximum absolute atomic E-state index is 12.9. The number of hydrogen-bond donors (Lipinski definition) is 1. The van der Waals surface area contributed by atoms with Gasteiger partial charge in [-0.05, 0) is 29.8 Å². The van der Waals surface area contributed by atoms with Crippen LogP contribution in [0, 0.1) is 0 Å². The van der Waals surface area contributed by atoms with Crippen LogP contribution in [-0.2, 0) is 21.3 Å². The number of aromatic nitrogens is 3. The van der Waals surface area contributed by atoms with Gasteiger partial charge in [0.15, 0.2) is 0 Å². The van der Waals surface area contributed by atoms with Crippen molar-refractivity contribution in [2.24, 2.45) is 0 Å². The summed E-state index contributed by atoms with van der Waals surface area (Å²) in [6, 6.07) is 15.2. The van der Waals surface area contributed by atoms with Gasteiger partial charge in [-0.2, -0.15) is 19.3 Å². The molecule has 162 valence electrons. The Kier molecular flexibility index (Phi) is 6.40. The van der Waals surface area contributed by atoms with Crippen molar-refractivity contribution >= 4 is 15.9 Å². The van der Waals surface area contributed by atoms with Crippen LogP contribution in [0.15, 0.2) is 71.9 Å². The van der Waals surface area contributed by atoms with Gasteiger partial charge in [0.2, 0.25) is 10.0 Å². The van der Waals surface area contributed by atoms with Gasteiger partial charge in [0, 0.05) is 18.7 Å². The number of carbonyl (C=O) groups excluding carboxylic acids is 1. The minimum atomic E-state index is -3.60. The molecule has 2 aromatic carbocycles. The van der Waals surface area contributed by atoms with Gasteiger partial charge in [0.05, 0.1) is 43.1 Å². The third-order valence-electron chi connectivity index (χ3n) is 5.04. The molecular formula is C21H23N5O4S. The Labute approximate surface area is 180 Å². The first-order chi connectivity index (χ1) is 15.0. The van der Waals surface area contributed by atoms with E-state index in [0.29, 0.717) is 38.4 Å². The van der Waals surface area contributed by atoms with E-state index in [1.165, 1.54) is 33.4 Å². The average molecular weight is 442 g/mol. The number of nitrogens with zero attached hydrogens (tertiary/aromatic N) is 4. The van der Waals surface area contributed by atoms with Gasteiger partial charge >= 0.3 is 0 Å². The van der Waals surface area contributed by atoms with Gasteiger partial charge in [-0.15, -0.1) is 0 Å². The summed E-state index contributed by atoms with van der Waals surface area (Å²) in [6.45, 7) is 1.78. The molecule has 1 aliphatic heterocycles. The second-order valence-electron chi connectivity index (χ2n) is 7.06. The van der Waals surface area contributed by atoms with E-state index in [2.05, 4.69) is 15.5 Å². The van der Waals surface area contributed by atoms with Gasteiger partial charge in [0.25, 0.3) is 5.91 Å². The molecule has 0 spiro atoms. The molecule has 1 aromatic heterocycles. The lowest BCUT2D eigenvalue weighted by atomic mass is 10.1. The average Bonchev–Trinajstić information content (AvgIpc) is 3.33. The van der Waals surface area contributed by atoms with E-state index >= 15 is 0 Å². The van der Waals surface area contributed by atoms with Gasteiger partial charge in [-0.3, -0.25) is 4.79 Å². The van der Waals surface area contributed by atoms with Crippen molar-refractivity contribution in [1.82, 2.24) is 24.6 Å². The molecule has 1 N–H and O–H groups in total. The lowest BCUT2D eigenvalue weighted by Gasteiger charge is -2.26. The SMILES string of the molecule is O=C(NC(Cn1nccn1)c1ccccc1)c1ccc(S(=O)(=O)N2CCOCC2)cc1. The Morgan fingerprint density at radius 1 is 1.00 bits per heavy atom. The molecule has 2 heterocycles. The lowest BCUT2D eigenvalue weighted by molar-refractivity contribution is 0.0730. The molecule has 1 aliphatic rings. The van der Waals surface area contributed by atoms with Crippen LogP contribution in [0.2, 0.25) is 0 Å². The zero-order valence-electron chi connectivity index (χ0n) is 16.8. The molecule has 31 heavy (non-hydrogen) atoms. The normalized spacial score (nSPS) is 16.0. The summed E-state index contributed by atoms with van der Waals surface area (Å²) in [5.74, 6) is -0.309. The van der Waals surface area contributed by atoms with Crippen molar-refractivity contribution in [3.05, 3.63) is 78.1 Å². The summed E-state index contributed by atoms with van der Waals surface area (Å²) in [7, 11) is -3.60. The van der Waals surface area contributed by atoms with Crippen molar-refractivity contribution in [2.75, 3.05) is 26.3 Å². The summed E-state index contributed by atoms with van der Waals surface area (Å²) < 4.78 is 32.1. The summed E-state index contributed by atoms with van der Waals surface area (Å²) >= 11 is 0. The largest absolute Gasteiger partial charge is 0.379 e. The molecule has 0 saturated carbocycles. The quantitative estimate of drug-likeness (QED) is 0.595. The van der Waals surface area contributed by atoms with E-state index in [1.54, 1.807) is 12.4 Å². The van der Waals surface area contributed by atoms with Gasteiger partial charge in [-0.1, -0.05) is 30.3 Å². The molecule has 0 bridgehead atoms. The zero-order valence-corrected chi connectivity index (χ0v) is 17.6. The number of sulfonamides is 1. The summed E-state index contributed by atoms with van der Waals surface area (Å²) in [6.07, 6.45) is 3.16. The Bertz CT molecular complexity index is 1100. The number of hydrogen-bond acceptors (Lipinski definition) is 6. The third kappa shape index (κ3) is 4.98. The number of ether oxygens (including phenoxy) is 1. The fraction of sp³-hybridized carbons (Fsp3) is 0.286. The Hall–Kier alpha value is -3.08. The predicted molar refractivity (Wildman–Crippen MR) is 113 cm³/mol. The minimum absolute atomic E-state index is 0.159. The lowest BCUT2D eigenvalue weighted by Crippen LogP contribution is -2.40. The molecule has 10 heteroatoms. The fourth-order valence-corrected chi connectivity index (χ4v) is 4.78. The summed E-state index contributed by atoms with van der Waals surface area (Å²) in [5.41, 5.74) is 1.29. The fourth-order valence-electron chi connectivity index (χ4n) is 3.38. The highest BCUT2D eigenvalue weighted by molar-refractivity contribution is 7.89. The molecule has 3 aromatic rings. The van der Waals surface area contributed by atoms with Crippen LogP contribution < -0.4 is 5.32 Å². The molecular weight excluding hydrogens is 418 g/mol. The number of rotatable bonds is 7. The predicted octanol–water partition coefficient (Wildman–Crippen LogP) is 1.47. The molecule has 1 fully saturated rings. The second-order valence-corrected chi connectivity index (χ2v) is 9.00. The maximum Gasteiger partial charge on any atom is 0.251 e.